The van der Waals surface area contributed by atoms with Crippen molar-refractivity contribution in [1.82, 2.24) is 4.57 Å². The Morgan fingerprint density at radius 2 is 2.08 bits per heavy atom. The average molecular weight is 416 g/mol. The molecule has 0 spiro atoms. The third-order valence-electron chi connectivity index (χ3n) is 3.65. The van der Waals surface area contributed by atoms with E-state index >= 15 is 0 Å². The summed E-state index contributed by atoms with van der Waals surface area (Å²) in [5, 5.41) is 11.5. The molecule has 0 fully saturated rings. The van der Waals surface area contributed by atoms with Gasteiger partial charge >= 0.3 is 0 Å². The van der Waals surface area contributed by atoms with Gasteiger partial charge in [0.25, 0.3) is 0 Å². The van der Waals surface area contributed by atoms with E-state index in [0.717, 1.165) is 10.4 Å². The number of thiazole rings is 1. The van der Waals surface area contributed by atoms with E-state index in [9.17, 15) is 5.11 Å². The second-order valence-corrected chi connectivity index (χ2v) is 7.90. The number of ether oxygens (including phenoxy) is 1. The number of aromatic hydroxyl groups is 1. The lowest BCUT2D eigenvalue weighted by Gasteiger charge is -2.04. The second-order valence-electron chi connectivity index (χ2n) is 5.33. The zero-order valence-corrected chi connectivity index (χ0v) is 16.4. The summed E-state index contributed by atoms with van der Waals surface area (Å²) in [7, 11) is 1.61. The molecule has 0 saturated carbocycles. The first-order chi connectivity index (χ1) is 12.0. The molecule has 132 valence electrons. The lowest BCUT2D eigenvalue weighted by molar-refractivity contribution is 0.183. The number of methoxy groups -OCH3 is 1. The van der Waals surface area contributed by atoms with E-state index < -0.39 is 0 Å². The van der Waals surface area contributed by atoms with Crippen LogP contribution in [0.4, 0.5) is 0 Å². The van der Waals surface area contributed by atoms with Gasteiger partial charge in [0, 0.05) is 24.1 Å². The largest absolute Gasteiger partial charge is 0.494 e. The first kappa shape index (κ1) is 18.5. The van der Waals surface area contributed by atoms with Gasteiger partial charge in [-0.05, 0) is 42.5 Å². The highest BCUT2D eigenvalue weighted by molar-refractivity contribution is 7.73. The first-order valence-electron chi connectivity index (χ1n) is 7.44. The molecule has 4 nitrogen and oxygen atoms in total. The summed E-state index contributed by atoms with van der Waals surface area (Å²) in [6, 6.07) is 8.91. The fourth-order valence-electron chi connectivity index (χ4n) is 2.40. The molecule has 1 aromatic carbocycles. The number of halogens is 2. The Hall–Kier alpha value is -1.31. The van der Waals surface area contributed by atoms with E-state index in [1.165, 1.54) is 11.3 Å². The Morgan fingerprint density at radius 1 is 1.28 bits per heavy atom. The summed E-state index contributed by atoms with van der Waals surface area (Å²) < 4.78 is 13.2. The number of furan rings is 1. The number of benzene rings is 1. The Bertz CT molecular complexity index is 946. The summed E-state index contributed by atoms with van der Waals surface area (Å²) in [5.41, 5.74) is 0.731. The zero-order chi connectivity index (χ0) is 18.0. The third-order valence-corrected chi connectivity index (χ3v) is 5.65. The van der Waals surface area contributed by atoms with Crippen molar-refractivity contribution in [1.29, 1.82) is 0 Å². The minimum atomic E-state index is 0.158. The van der Waals surface area contributed by atoms with Gasteiger partial charge in [-0.1, -0.05) is 23.2 Å². The molecule has 1 N–H and O–H groups in total. The Kier molecular flexibility index (Phi) is 5.86. The molecule has 0 amide bonds. The topological polar surface area (TPSA) is 47.5 Å². The standard InChI is InChI=1S/C17H15Cl2NO3S2/c1-22-7-6-20-16(21)15(25-17(20)24)9-11-3-5-14(23-11)12-8-10(18)2-4-13(12)19/h2-5,8,21H,6-7,9H2,1H3. The predicted molar refractivity (Wildman–Crippen MR) is 104 cm³/mol. The zero-order valence-electron chi connectivity index (χ0n) is 13.3. The molecule has 3 rings (SSSR count). The van der Waals surface area contributed by atoms with Crippen molar-refractivity contribution in [2.45, 2.75) is 13.0 Å². The predicted octanol–water partition coefficient (Wildman–Crippen LogP) is 5.79. The molecular formula is C17H15Cl2NO3S2. The summed E-state index contributed by atoms with van der Waals surface area (Å²) >= 11 is 18.9. The van der Waals surface area contributed by atoms with Crippen LogP contribution < -0.4 is 0 Å². The van der Waals surface area contributed by atoms with Crippen LogP contribution in [0.5, 0.6) is 5.88 Å². The maximum absolute atomic E-state index is 10.4. The van der Waals surface area contributed by atoms with Gasteiger partial charge in [-0.25, -0.2) is 0 Å². The maximum atomic E-state index is 10.4. The molecule has 2 aromatic heterocycles. The number of hydrogen-bond acceptors (Lipinski definition) is 5. The van der Waals surface area contributed by atoms with Gasteiger partial charge in [0.15, 0.2) is 3.95 Å². The molecule has 0 aliphatic heterocycles. The summed E-state index contributed by atoms with van der Waals surface area (Å²) in [4.78, 5) is 0.749. The Balaban J connectivity index is 1.85. The molecule has 3 aromatic rings. The lowest BCUT2D eigenvalue weighted by Crippen LogP contribution is -2.03. The minimum Gasteiger partial charge on any atom is -0.494 e. The van der Waals surface area contributed by atoms with Crippen LogP contribution in [0.25, 0.3) is 11.3 Å². The average Bonchev–Trinajstić information content (AvgIpc) is 3.14. The van der Waals surface area contributed by atoms with Crippen LogP contribution in [0, 0.1) is 3.95 Å². The number of rotatable bonds is 6. The molecular weight excluding hydrogens is 401 g/mol. The molecule has 0 unspecified atom stereocenters. The minimum absolute atomic E-state index is 0.158. The quantitative estimate of drug-likeness (QED) is 0.517. The molecule has 25 heavy (non-hydrogen) atoms. The molecule has 2 heterocycles. The van der Waals surface area contributed by atoms with Crippen molar-refractivity contribution in [2.75, 3.05) is 13.7 Å². The van der Waals surface area contributed by atoms with Gasteiger partial charge in [-0.3, -0.25) is 4.57 Å². The lowest BCUT2D eigenvalue weighted by atomic mass is 10.2. The fourth-order valence-corrected chi connectivity index (χ4v) is 4.18. The highest BCUT2D eigenvalue weighted by Gasteiger charge is 2.15. The summed E-state index contributed by atoms with van der Waals surface area (Å²) in [6.45, 7) is 0.995. The van der Waals surface area contributed by atoms with Crippen LogP contribution >= 0.6 is 46.8 Å². The van der Waals surface area contributed by atoms with Crippen molar-refractivity contribution < 1.29 is 14.3 Å². The molecule has 0 aliphatic carbocycles. The first-order valence-corrected chi connectivity index (χ1v) is 9.42. The van der Waals surface area contributed by atoms with Crippen LogP contribution in [0.1, 0.15) is 10.6 Å². The van der Waals surface area contributed by atoms with Crippen molar-refractivity contribution in [3.8, 4) is 17.2 Å². The summed E-state index contributed by atoms with van der Waals surface area (Å²) in [6.07, 6.45) is 0.443. The molecule has 0 saturated heterocycles. The molecule has 0 radical (unpaired) electrons. The van der Waals surface area contributed by atoms with Gasteiger partial charge < -0.3 is 14.3 Å². The van der Waals surface area contributed by atoms with Gasteiger partial charge in [0.05, 0.1) is 23.1 Å². The normalized spacial score (nSPS) is 11.2. The number of hydrogen-bond donors (Lipinski definition) is 1. The molecule has 8 heteroatoms. The third kappa shape index (κ3) is 4.10. The van der Waals surface area contributed by atoms with E-state index in [-0.39, 0.29) is 5.88 Å². The fraction of sp³-hybridized carbons (Fsp3) is 0.235. The van der Waals surface area contributed by atoms with E-state index in [1.807, 2.05) is 12.1 Å². The second kappa shape index (κ2) is 7.93. The number of aromatic nitrogens is 1. The maximum Gasteiger partial charge on any atom is 0.206 e. The SMILES string of the molecule is COCCn1c(O)c(Cc2ccc(-c3cc(Cl)ccc3Cl)o2)sc1=S. The number of nitrogens with zero attached hydrogens (tertiary/aromatic N) is 1. The van der Waals surface area contributed by atoms with Crippen LogP contribution in [0.3, 0.4) is 0 Å². The molecule has 0 aliphatic rings. The van der Waals surface area contributed by atoms with E-state index in [0.29, 0.717) is 45.1 Å². The van der Waals surface area contributed by atoms with E-state index in [4.69, 9.17) is 44.6 Å². The molecule has 0 atom stereocenters. The highest BCUT2D eigenvalue weighted by Crippen LogP contribution is 2.34. The van der Waals surface area contributed by atoms with Crippen molar-refractivity contribution >= 4 is 46.8 Å². The van der Waals surface area contributed by atoms with Crippen LogP contribution in [-0.4, -0.2) is 23.4 Å². The van der Waals surface area contributed by atoms with E-state index in [2.05, 4.69) is 0 Å². The monoisotopic (exact) mass is 415 g/mol. The van der Waals surface area contributed by atoms with Gasteiger partial charge in [0.1, 0.15) is 11.5 Å². The summed E-state index contributed by atoms with van der Waals surface area (Å²) in [5.74, 6) is 1.49. The van der Waals surface area contributed by atoms with Gasteiger partial charge in [-0.2, -0.15) is 0 Å². The Morgan fingerprint density at radius 3 is 2.84 bits per heavy atom. The van der Waals surface area contributed by atoms with Crippen LogP contribution in [0.2, 0.25) is 10.0 Å². The van der Waals surface area contributed by atoms with Crippen molar-refractivity contribution in [3.63, 3.8) is 0 Å². The van der Waals surface area contributed by atoms with E-state index in [1.54, 1.807) is 29.9 Å². The smallest absolute Gasteiger partial charge is 0.206 e. The van der Waals surface area contributed by atoms with Gasteiger partial charge in [0.2, 0.25) is 5.88 Å². The Labute approximate surface area is 164 Å². The van der Waals surface area contributed by atoms with Gasteiger partial charge in [-0.15, -0.1) is 11.3 Å². The molecule has 0 bridgehead atoms. The van der Waals surface area contributed by atoms with Crippen LogP contribution in [-0.2, 0) is 17.7 Å². The van der Waals surface area contributed by atoms with Crippen LogP contribution in [0.15, 0.2) is 34.7 Å². The highest BCUT2D eigenvalue weighted by atomic mass is 35.5. The van der Waals surface area contributed by atoms with Crippen molar-refractivity contribution in [3.05, 3.63) is 55.0 Å². The van der Waals surface area contributed by atoms with Crippen molar-refractivity contribution in [2.24, 2.45) is 0 Å².